The first-order chi connectivity index (χ1) is 16.7. The van der Waals surface area contributed by atoms with E-state index >= 15 is 0 Å². The van der Waals surface area contributed by atoms with Gasteiger partial charge in [0.1, 0.15) is 17.4 Å². The third-order valence-electron chi connectivity index (χ3n) is 7.00. The lowest BCUT2D eigenvalue weighted by atomic mass is 10.00. The van der Waals surface area contributed by atoms with Gasteiger partial charge in [0, 0.05) is 17.7 Å². The number of aromatic amines is 2. The maximum atomic E-state index is 6.13. The van der Waals surface area contributed by atoms with Gasteiger partial charge in [0.2, 0.25) is 0 Å². The minimum Gasteiger partial charge on any atom is -0.492 e. The minimum atomic E-state index is 0.175. The number of aromatic nitrogens is 4. The third-order valence-corrected chi connectivity index (χ3v) is 7.00. The van der Waals surface area contributed by atoms with Crippen molar-refractivity contribution in [3.05, 3.63) is 66.0 Å². The smallest absolute Gasteiger partial charge is 0.129 e. The summed E-state index contributed by atoms with van der Waals surface area (Å²) in [5.41, 5.74) is 7.66. The fourth-order valence-electron chi connectivity index (χ4n) is 4.88. The van der Waals surface area contributed by atoms with E-state index in [2.05, 4.69) is 75.0 Å². The summed E-state index contributed by atoms with van der Waals surface area (Å²) < 4.78 is 6.13. The largest absolute Gasteiger partial charge is 0.492 e. The number of nitrogens with zero attached hydrogens (tertiary/aromatic N) is 2. The molecule has 4 heterocycles. The first kappa shape index (κ1) is 21.1. The van der Waals surface area contributed by atoms with E-state index in [0.29, 0.717) is 12.6 Å². The maximum Gasteiger partial charge on any atom is 0.129 e. The number of H-pyrrole nitrogens is 2. The zero-order chi connectivity index (χ0) is 23.1. The molecular formula is C27H30N6O. The van der Waals surface area contributed by atoms with Gasteiger partial charge in [-0.1, -0.05) is 30.3 Å². The molecule has 2 aromatic carbocycles. The van der Waals surface area contributed by atoms with Gasteiger partial charge in [0.25, 0.3) is 0 Å². The molecule has 0 amide bonds. The first-order valence-corrected chi connectivity index (χ1v) is 12.1. The molecule has 0 bridgehead atoms. The molecule has 0 unspecified atom stereocenters. The summed E-state index contributed by atoms with van der Waals surface area (Å²) in [6.45, 7) is 3.81. The van der Waals surface area contributed by atoms with E-state index in [1.54, 1.807) is 0 Å². The molecule has 34 heavy (non-hydrogen) atoms. The Balaban J connectivity index is 1.27. The average Bonchev–Trinajstić information content (AvgIpc) is 3.63. The normalized spacial score (nSPS) is 18.1. The molecule has 7 nitrogen and oxygen atoms in total. The molecule has 2 atom stereocenters. The van der Waals surface area contributed by atoms with Crippen molar-refractivity contribution < 1.29 is 4.74 Å². The summed E-state index contributed by atoms with van der Waals surface area (Å²) in [6.07, 6.45) is 5.10. The van der Waals surface area contributed by atoms with Crippen LogP contribution >= 0.6 is 0 Å². The molecule has 0 saturated carbocycles. The van der Waals surface area contributed by atoms with Crippen LogP contribution in [0.4, 0.5) is 0 Å². The fraction of sp³-hybridized carbons (Fsp3) is 0.333. The minimum absolute atomic E-state index is 0.175. The Kier molecular flexibility index (Phi) is 5.43. The van der Waals surface area contributed by atoms with Crippen LogP contribution in [0.15, 0.2) is 48.7 Å². The van der Waals surface area contributed by atoms with Crippen molar-refractivity contribution in [1.82, 2.24) is 30.6 Å². The van der Waals surface area contributed by atoms with Gasteiger partial charge in [-0.3, -0.25) is 0 Å². The highest BCUT2D eigenvalue weighted by Gasteiger charge is 2.22. The monoisotopic (exact) mass is 454 g/mol. The maximum absolute atomic E-state index is 6.13. The van der Waals surface area contributed by atoms with Crippen molar-refractivity contribution >= 4 is 0 Å². The number of imidazole rings is 2. The van der Waals surface area contributed by atoms with Gasteiger partial charge in [-0.05, 0) is 62.2 Å². The van der Waals surface area contributed by atoms with Crippen LogP contribution in [0.1, 0.15) is 49.2 Å². The summed E-state index contributed by atoms with van der Waals surface area (Å²) in [7, 11) is 1.95. The highest BCUT2D eigenvalue weighted by atomic mass is 16.5. The van der Waals surface area contributed by atoms with Crippen molar-refractivity contribution in [2.45, 2.75) is 38.3 Å². The fourth-order valence-corrected chi connectivity index (χ4v) is 4.88. The van der Waals surface area contributed by atoms with Crippen LogP contribution in [0.3, 0.4) is 0 Å². The molecule has 4 aromatic rings. The van der Waals surface area contributed by atoms with Gasteiger partial charge in [0.05, 0.1) is 36.3 Å². The molecule has 2 aliphatic rings. The molecule has 6 rings (SSSR count). The summed E-state index contributed by atoms with van der Waals surface area (Å²) in [5, 5.41) is 6.76. The molecule has 1 saturated heterocycles. The molecule has 2 aliphatic heterocycles. The molecule has 7 heteroatoms. The van der Waals surface area contributed by atoms with E-state index in [-0.39, 0.29) is 6.04 Å². The third kappa shape index (κ3) is 3.81. The Morgan fingerprint density at radius 3 is 2.68 bits per heavy atom. The van der Waals surface area contributed by atoms with Crippen molar-refractivity contribution in [3.8, 4) is 39.4 Å². The van der Waals surface area contributed by atoms with Crippen molar-refractivity contribution in [1.29, 1.82) is 0 Å². The zero-order valence-electron chi connectivity index (χ0n) is 19.6. The number of hydrogen-bond acceptors (Lipinski definition) is 5. The summed E-state index contributed by atoms with van der Waals surface area (Å²) in [6, 6.07) is 15.6. The standard InChI is InChI=1S/C27H30N6O/c1-16(28-2)26-31-21-11-13-34-24-14-19(9-10-20(24)25(21)33-26)17-5-7-18(8-6-17)23-15-30-27(32-23)22-4-3-12-29-22/h5-10,14-16,22,28-29H,3-4,11-13H2,1-2H3,(H,30,32)(H,31,33)/t16-,22-/m0/s1. The molecule has 174 valence electrons. The predicted octanol–water partition coefficient (Wildman–Crippen LogP) is 4.77. The second kappa shape index (κ2) is 8.74. The summed E-state index contributed by atoms with van der Waals surface area (Å²) >= 11 is 0. The number of rotatable bonds is 5. The SMILES string of the molecule is CN[C@@H](C)c1nc2c([nH]1)CCOc1cc(-c3ccc(-c4cnc([C@@H]5CCCN5)[nH]4)cc3)ccc1-2. The van der Waals surface area contributed by atoms with Crippen LogP contribution < -0.4 is 15.4 Å². The second-order valence-corrected chi connectivity index (χ2v) is 9.18. The van der Waals surface area contributed by atoms with Gasteiger partial charge in [-0.15, -0.1) is 0 Å². The van der Waals surface area contributed by atoms with Gasteiger partial charge in [0.15, 0.2) is 0 Å². The average molecular weight is 455 g/mol. The molecule has 0 radical (unpaired) electrons. The van der Waals surface area contributed by atoms with Gasteiger partial charge in [-0.2, -0.15) is 0 Å². The number of hydrogen-bond donors (Lipinski definition) is 4. The van der Waals surface area contributed by atoms with E-state index in [1.807, 2.05) is 13.2 Å². The Hall–Kier alpha value is -3.42. The number of ether oxygens (including phenoxy) is 1. The zero-order valence-corrected chi connectivity index (χ0v) is 19.6. The van der Waals surface area contributed by atoms with E-state index in [1.165, 1.54) is 6.42 Å². The van der Waals surface area contributed by atoms with E-state index < -0.39 is 0 Å². The molecule has 2 aromatic heterocycles. The van der Waals surface area contributed by atoms with Crippen LogP contribution in [-0.4, -0.2) is 40.1 Å². The highest BCUT2D eigenvalue weighted by molar-refractivity contribution is 5.77. The lowest BCUT2D eigenvalue weighted by Gasteiger charge is -2.11. The summed E-state index contributed by atoms with van der Waals surface area (Å²) in [4.78, 5) is 16.5. The second-order valence-electron chi connectivity index (χ2n) is 9.18. The molecule has 0 spiro atoms. The van der Waals surface area contributed by atoms with Crippen LogP contribution in [0.2, 0.25) is 0 Å². The van der Waals surface area contributed by atoms with Gasteiger partial charge < -0.3 is 25.3 Å². The van der Waals surface area contributed by atoms with Gasteiger partial charge >= 0.3 is 0 Å². The topological polar surface area (TPSA) is 90.7 Å². The van der Waals surface area contributed by atoms with E-state index in [0.717, 1.165) is 76.1 Å². The van der Waals surface area contributed by atoms with Crippen LogP contribution in [0.25, 0.3) is 33.6 Å². The van der Waals surface area contributed by atoms with E-state index in [9.17, 15) is 0 Å². The van der Waals surface area contributed by atoms with Crippen LogP contribution in [-0.2, 0) is 6.42 Å². The molecule has 4 N–H and O–H groups in total. The lowest BCUT2D eigenvalue weighted by Crippen LogP contribution is -2.14. The highest BCUT2D eigenvalue weighted by Crippen LogP contribution is 2.38. The Morgan fingerprint density at radius 2 is 1.88 bits per heavy atom. The predicted molar refractivity (Wildman–Crippen MR) is 134 cm³/mol. The number of nitrogens with one attached hydrogen (secondary N) is 4. The molecular weight excluding hydrogens is 424 g/mol. The van der Waals surface area contributed by atoms with Crippen molar-refractivity contribution in [2.24, 2.45) is 0 Å². The quantitative estimate of drug-likeness (QED) is 0.349. The van der Waals surface area contributed by atoms with Crippen LogP contribution in [0, 0.1) is 0 Å². The Labute approximate surface area is 199 Å². The number of fused-ring (bicyclic) bond motifs is 3. The molecule has 0 aliphatic carbocycles. The Bertz CT molecular complexity index is 1300. The van der Waals surface area contributed by atoms with E-state index in [4.69, 9.17) is 9.72 Å². The first-order valence-electron chi connectivity index (χ1n) is 12.1. The number of benzene rings is 2. The van der Waals surface area contributed by atoms with Crippen LogP contribution in [0.5, 0.6) is 5.75 Å². The van der Waals surface area contributed by atoms with Crippen molar-refractivity contribution in [3.63, 3.8) is 0 Å². The van der Waals surface area contributed by atoms with Gasteiger partial charge in [-0.25, -0.2) is 9.97 Å². The van der Waals surface area contributed by atoms with Crippen molar-refractivity contribution in [2.75, 3.05) is 20.2 Å². The molecule has 1 fully saturated rings. The Morgan fingerprint density at radius 1 is 1.06 bits per heavy atom. The summed E-state index contributed by atoms with van der Waals surface area (Å²) in [5.74, 6) is 2.88. The lowest BCUT2D eigenvalue weighted by molar-refractivity contribution is 0.325.